The van der Waals surface area contributed by atoms with Gasteiger partial charge in [-0.25, -0.2) is 4.79 Å². The molecule has 31 heavy (non-hydrogen) atoms. The Morgan fingerprint density at radius 2 is 1.77 bits per heavy atom. The molecule has 158 valence electrons. The summed E-state index contributed by atoms with van der Waals surface area (Å²) in [6, 6.07) is 16.9. The zero-order valence-electron chi connectivity index (χ0n) is 15.8. The van der Waals surface area contributed by atoms with E-state index in [9.17, 15) is 23.1 Å². The average Bonchev–Trinajstić information content (AvgIpc) is 2.72. The Labute approximate surface area is 179 Å². The van der Waals surface area contributed by atoms with Crippen LogP contribution < -0.4 is 14.7 Å². The number of ether oxygens (including phenoxy) is 1. The molecule has 0 aliphatic rings. The molecule has 0 aliphatic carbocycles. The molecule has 4 rings (SSSR count). The minimum absolute atomic E-state index is 0.0901. The third-order valence-electron chi connectivity index (χ3n) is 4.64. The molecule has 9 heteroatoms. The summed E-state index contributed by atoms with van der Waals surface area (Å²) in [6.45, 7) is 0.197. The van der Waals surface area contributed by atoms with Crippen LogP contribution in [0.4, 0.5) is 13.2 Å². The van der Waals surface area contributed by atoms with Gasteiger partial charge < -0.3 is 9.84 Å². The molecular weight excluding hydrogens is 433 g/mol. The van der Waals surface area contributed by atoms with Crippen molar-refractivity contribution in [3.8, 4) is 22.8 Å². The quantitative estimate of drug-likeness (QED) is 0.467. The van der Waals surface area contributed by atoms with Crippen LogP contribution in [0.3, 0.4) is 0 Å². The predicted molar refractivity (Wildman–Crippen MR) is 108 cm³/mol. The Hall–Kier alpha value is -3.52. The molecule has 5 nitrogen and oxygen atoms in total. The molecule has 2 heterocycles. The van der Waals surface area contributed by atoms with Crippen molar-refractivity contribution in [1.29, 1.82) is 0 Å². The number of benzene rings is 2. The van der Waals surface area contributed by atoms with E-state index < -0.39 is 17.7 Å². The zero-order chi connectivity index (χ0) is 22.2. The van der Waals surface area contributed by atoms with Crippen molar-refractivity contribution >= 4 is 17.2 Å². The Morgan fingerprint density at radius 1 is 1.03 bits per heavy atom. The molecular formula is C22H15ClF3N2O3+. The Kier molecular flexibility index (Phi) is 5.32. The third-order valence-corrected chi connectivity index (χ3v) is 4.89. The fourth-order valence-corrected chi connectivity index (χ4v) is 3.44. The first-order valence-corrected chi connectivity index (χ1v) is 9.47. The summed E-state index contributed by atoms with van der Waals surface area (Å²) in [5.74, 6) is -0.874. The number of rotatable bonds is 4. The van der Waals surface area contributed by atoms with Gasteiger partial charge in [-0.2, -0.15) is 8.97 Å². The van der Waals surface area contributed by atoms with Crippen LogP contribution in [-0.4, -0.2) is 16.0 Å². The van der Waals surface area contributed by atoms with Gasteiger partial charge >= 0.3 is 11.9 Å². The highest BCUT2D eigenvalue weighted by molar-refractivity contribution is 6.30. The molecule has 0 amide bonds. The second-order valence-electron chi connectivity index (χ2n) is 6.72. The lowest BCUT2D eigenvalue weighted by Gasteiger charge is -2.12. The standard InChI is InChI=1S/C22H14ClF3N2O3/c23-16-9-7-14(8-10-16)13-28-18-6-1-2-11-27(18)20(29)19(21(28)30)15-4-3-5-17(12-15)31-22(24,25)26/h1-12H,13H2/p+1. The van der Waals surface area contributed by atoms with Crippen molar-refractivity contribution in [2.75, 3.05) is 0 Å². The molecule has 1 N–H and O–H groups in total. The van der Waals surface area contributed by atoms with E-state index in [1.807, 2.05) is 0 Å². The van der Waals surface area contributed by atoms with Gasteiger partial charge in [0.2, 0.25) is 0 Å². The topological polar surface area (TPSA) is 55.6 Å². The molecule has 0 bridgehead atoms. The Balaban J connectivity index is 1.92. The van der Waals surface area contributed by atoms with E-state index >= 15 is 0 Å². The molecule has 0 saturated heterocycles. The number of alkyl halides is 3. The van der Waals surface area contributed by atoms with Crippen LogP contribution in [0, 0.1) is 0 Å². The molecule has 2 aromatic carbocycles. The van der Waals surface area contributed by atoms with E-state index in [1.54, 1.807) is 42.5 Å². The number of aromatic hydroxyl groups is 1. The van der Waals surface area contributed by atoms with Gasteiger partial charge in [0.05, 0.1) is 6.20 Å². The number of nitrogens with zero attached hydrogens (tertiary/aromatic N) is 2. The van der Waals surface area contributed by atoms with Gasteiger partial charge in [0.25, 0.3) is 11.5 Å². The molecule has 0 atom stereocenters. The summed E-state index contributed by atoms with van der Waals surface area (Å²) in [5, 5.41) is 11.6. The van der Waals surface area contributed by atoms with Crippen molar-refractivity contribution in [3.63, 3.8) is 0 Å². The first kappa shape index (κ1) is 20.7. The smallest absolute Gasteiger partial charge is 0.477 e. The normalized spacial score (nSPS) is 11.6. The average molecular weight is 448 g/mol. The molecule has 2 aromatic heterocycles. The van der Waals surface area contributed by atoms with Crippen LogP contribution in [0.5, 0.6) is 11.6 Å². The summed E-state index contributed by atoms with van der Waals surface area (Å²) < 4.78 is 44.7. The van der Waals surface area contributed by atoms with Crippen LogP contribution in [0.15, 0.2) is 77.7 Å². The summed E-state index contributed by atoms with van der Waals surface area (Å²) >= 11 is 5.93. The summed E-state index contributed by atoms with van der Waals surface area (Å²) in [4.78, 5) is 13.1. The van der Waals surface area contributed by atoms with Crippen LogP contribution in [0.25, 0.3) is 16.8 Å². The lowest BCUT2D eigenvalue weighted by atomic mass is 10.1. The van der Waals surface area contributed by atoms with E-state index in [1.165, 1.54) is 27.3 Å². The lowest BCUT2D eigenvalue weighted by Crippen LogP contribution is -2.43. The number of pyridine rings is 1. The molecule has 0 fully saturated rings. The second-order valence-corrected chi connectivity index (χ2v) is 7.16. The Bertz CT molecular complexity index is 1320. The SMILES string of the molecule is O=c1c(-c2cccc(OC(F)(F)F)c2)c(O)n(Cc2ccc(Cl)cc2)c2cccc[n+]12. The summed E-state index contributed by atoms with van der Waals surface area (Å²) in [5.41, 5.74) is 0.572. The second kappa shape index (κ2) is 7.96. The molecule has 4 aromatic rings. The number of fused-ring (bicyclic) bond motifs is 1. The van der Waals surface area contributed by atoms with Gasteiger partial charge in [-0.15, -0.1) is 13.2 Å². The predicted octanol–water partition coefficient (Wildman–Crippen LogP) is 4.56. The van der Waals surface area contributed by atoms with Crippen LogP contribution in [0.2, 0.25) is 5.02 Å². The first-order chi connectivity index (χ1) is 14.7. The van der Waals surface area contributed by atoms with E-state index in [0.29, 0.717) is 10.7 Å². The molecule has 0 unspecified atom stereocenters. The summed E-state index contributed by atoms with van der Waals surface area (Å²) in [6.07, 6.45) is -3.36. The van der Waals surface area contributed by atoms with Crippen LogP contribution in [0.1, 0.15) is 5.56 Å². The van der Waals surface area contributed by atoms with Gasteiger partial charge in [-0.1, -0.05) is 41.9 Å². The van der Waals surface area contributed by atoms with Crippen molar-refractivity contribution in [1.82, 2.24) is 4.57 Å². The highest BCUT2D eigenvalue weighted by atomic mass is 35.5. The van der Waals surface area contributed by atoms with E-state index in [2.05, 4.69) is 4.74 Å². The maximum atomic E-state index is 13.1. The van der Waals surface area contributed by atoms with Gasteiger partial charge in [0.1, 0.15) is 12.3 Å². The number of hydrogen-bond acceptors (Lipinski definition) is 3. The molecule has 0 spiro atoms. The number of hydrogen-bond donors (Lipinski definition) is 1. The van der Waals surface area contributed by atoms with Crippen LogP contribution >= 0.6 is 11.6 Å². The van der Waals surface area contributed by atoms with E-state index in [-0.39, 0.29) is 23.6 Å². The largest absolute Gasteiger partial charge is 0.573 e. The maximum absolute atomic E-state index is 13.1. The van der Waals surface area contributed by atoms with E-state index in [0.717, 1.165) is 17.7 Å². The molecule has 0 aliphatic heterocycles. The van der Waals surface area contributed by atoms with Gasteiger partial charge in [-0.05, 0) is 35.9 Å². The fraction of sp³-hybridized carbons (Fsp3) is 0.0909. The highest BCUT2D eigenvalue weighted by Gasteiger charge is 2.32. The molecule has 0 radical (unpaired) electrons. The fourth-order valence-electron chi connectivity index (χ4n) is 3.31. The van der Waals surface area contributed by atoms with Gasteiger partial charge in [0, 0.05) is 16.7 Å². The minimum atomic E-state index is -4.88. The minimum Gasteiger partial charge on any atom is -0.477 e. The third kappa shape index (κ3) is 4.34. The van der Waals surface area contributed by atoms with Gasteiger partial charge in [-0.3, -0.25) is 0 Å². The molecule has 0 saturated carbocycles. The van der Waals surface area contributed by atoms with Gasteiger partial charge in [0.15, 0.2) is 5.56 Å². The number of aromatic nitrogens is 2. The zero-order valence-corrected chi connectivity index (χ0v) is 16.6. The van der Waals surface area contributed by atoms with Crippen molar-refractivity contribution in [2.24, 2.45) is 0 Å². The highest BCUT2D eigenvalue weighted by Crippen LogP contribution is 2.31. The van der Waals surface area contributed by atoms with Crippen LogP contribution in [-0.2, 0) is 6.54 Å². The van der Waals surface area contributed by atoms with E-state index in [4.69, 9.17) is 11.6 Å². The maximum Gasteiger partial charge on any atom is 0.573 e. The van der Waals surface area contributed by atoms with Crippen molar-refractivity contribution in [2.45, 2.75) is 12.9 Å². The van der Waals surface area contributed by atoms with Crippen molar-refractivity contribution in [3.05, 3.63) is 93.9 Å². The lowest BCUT2D eigenvalue weighted by molar-refractivity contribution is -0.532. The first-order valence-electron chi connectivity index (χ1n) is 9.10. The monoisotopic (exact) mass is 447 g/mol. The Morgan fingerprint density at radius 3 is 2.48 bits per heavy atom. The number of halogens is 4. The summed E-state index contributed by atoms with van der Waals surface area (Å²) in [7, 11) is 0. The van der Waals surface area contributed by atoms with Crippen molar-refractivity contribution < 1.29 is 27.4 Å².